The molecule has 74 valence electrons. The van der Waals surface area contributed by atoms with Gasteiger partial charge in [0.2, 0.25) is 0 Å². The first-order valence-corrected chi connectivity index (χ1v) is 4.85. The third-order valence-electron chi connectivity index (χ3n) is 2.04. The number of hydrogen-bond donors (Lipinski definition) is 1. The Morgan fingerprint density at radius 2 is 1.50 bits per heavy atom. The third kappa shape index (κ3) is 5.52. The van der Waals surface area contributed by atoms with Gasteiger partial charge in [-0.25, -0.2) is 0 Å². The molecule has 1 fully saturated rings. The fourth-order valence-electron chi connectivity index (χ4n) is 1.16. The zero-order valence-electron chi connectivity index (χ0n) is 8.71. The summed E-state index contributed by atoms with van der Waals surface area (Å²) in [6.45, 7) is 11.1. The molecule has 0 radical (unpaired) electrons. The molecule has 1 heterocycles. The zero-order chi connectivity index (χ0) is 9.40. The fraction of sp³-hybridized carbons (Fsp3) is 1.00. The highest BCUT2D eigenvalue weighted by atomic mass is 15.2. The lowest BCUT2D eigenvalue weighted by Gasteiger charge is -2.31. The summed E-state index contributed by atoms with van der Waals surface area (Å²) in [5, 5.41) is 0. The van der Waals surface area contributed by atoms with Crippen LogP contribution in [0, 0.1) is 0 Å². The van der Waals surface area contributed by atoms with Crippen LogP contribution in [-0.2, 0) is 0 Å². The van der Waals surface area contributed by atoms with E-state index in [9.17, 15) is 0 Å². The van der Waals surface area contributed by atoms with Gasteiger partial charge in [-0.1, -0.05) is 13.8 Å². The monoisotopic (exact) mass is 173 g/mol. The Hall–Kier alpha value is -0.120. The molecule has 1 aliphatic rings. The zero-order valence-corrected chi connectivity index (χ0v) is 8.71. The molecule has 0 aromatic rings. The number of hydrogen-bond acceptors (Lipinski definition) is 3. The summed E-state index contributed by atoms with van der Waals surface area (Å²) in [5.74, 6) is 0. The molecule has 0 spiro atoms. The van der Waals surface area contributed by atoms with Crippen LogP contribution in [0.5, 0.6) is 0 Å². The average molecular weight is 173 g/mol. The maximum Gasteiger partial charge on any atom is 0.0110 e. The molecule has 0 unspecified atom stereocenters. The van der Waals surface area contributed by atoms with Crippen molar-refractivity contribution in [3.05, 3.63) is 0 Å². The van der Waals surface area contributed by atoms with Gasteiger partial charge < -0.3 is 15.5 Å². The molecule has 1 aliphatic heterocycles. The minimum Gasteiger partial charge on any atom is -0.331 e. The van der Waals surface area contributed by atoms with Crippen LogP contribution in [0.15, 0.2) is 0 Å². The molecule has 12 heavy (non-hydrogen) atoms. The van der Waals surface area contributed by atoms with Gasteiger partial charge in [-0.15, -0.1) is 0 Å². The number of nitrogens with two attached hydrogens (primary N) is 1. The lowest BCUT2D eigenvalue weighted by molar-refractivity contribution is 0.160. The van der Waals surface area contributed by atoms with E-state index < -0.39 is 0 Å². The Kier molecular flexibility index (Phi) is 7.45. The van der Waals surface area contributed by atoms with Crippen LogP contribution in [0.4, 0.5) is 0 Å². The minimum absolute atomic E-state index is 0.750. The SMILES string of the molecule is CCN.CCN1CCN(C)CC1. The van der Waals surface area contributed by atoms with Crippen LogP contribution < -0.4 is 5.73 Å². The van der Waals surface area contributed by atoms with E-state index in [1.54, 1.807) is 0 Å². The summed E-state index contributed by atoms with van der Waals surface area (Å²) in [5.41, 5.74) is 4.85. The molecule has 0 aromatic heterocycles. The summed E-state index contributed by atoms with van der Waals surface area (Å²) < 4.78 is 0. The van der Waals surface area contributed by atoms with E-state index in [-0.39, 0.29) is 0 Å². The van der Waals surface area contributed by atoms with Crippen molar-refractivity contribution in [3.63, 3.8) is 0 Å². The van der Waals surface area contributed by atoms with Gasteiger partial charge in [0.25, 0.3) is 0 Å². The first-order chi connectivity index (χ1) is 5.74. The number of likely N-dealkylation sites (N-methyl/N-ethyl adjacent to an activating group) is 2. The van der Waals surface area contributed by atoms with Gasteiger partial charge in [-0.2, -0.15) is 0 Å². The van der Waals surface area contributed by atoms with E-state index >= 15 is 0 Å². The normalized spacial score (nSPS) is 20.0. The van der Waals surface area contributed by atoms with Crippen molar-refractivity contribution < 1.29 is 0 Å². The molecule has 0 aromatic carbocycles. The highest BCUT2D eigenvalue weighted by molar-refractivity contribution is 4.66. The van der Waals surface area contributed by atoms with Gasteiger partial charge in [0, 0.05) is 26.2 Å². The highest BCUT2D eigenvalue weighted by Crippen LogP contribution is 1.96. The predicted molar refractivity (Wildman–Crippen MR) is 54.3 cm³/mol. The molecule has 0 saturated carbocycles. The minimum atomic E-state index is 0.750. The molecule has 0 atom stereocenters. The van der Waals surface area contributed by atoms with Crippen LogP contribution in [0.2, 0.25) is 0 Å². The topological polar surface area (TPSA) is 32.5 Å². The number of rotatable bonds is 1. The predicted octanol–water partition coefficient (Wildman–Crippen LogP) is 0.219. The summed E-state index contributed by atoms with van der Waals surface area (Å²) in [6.07, 6.45) is 0. The van der Waals surface area contributed by atoms with Crippen molar-refractivity contribution in [1.82, 2.24) is 9.80 Å². The summed E-state index contributed by atoms with van der Waals surface area (Å²) >= 11 is 0. The van der Waals surface area contributed by atoms with Crippen LogP contribution in [-0.4, -0.2) is 56.1 Å². The number of piperazine rings is 1. The van der Waals surface area contributed by atoms with Gasteiger partial charge in [0.15, 0.2) is 0 Å². The summed E-state index contributed by atoms with van der Waals surface area (Å²) in [6, 6.07) is 0. The van der Waals surface area contributed by atoms with Crippen LogP contribution in [0.1, 0.15) is 13.8 Å². The van der Waals surface area contributed by atoms with Gasteiger partial charge in [0.1, 0.15) is 0 Å². The Morgan fingerprint density at radius 1 is 1.08 bits per heavy atom. The second kappa shape index (κ2) is 7.53. The van der Waals surface area contributed by atoms with E-state index in [4.69, 9.17) is 5.73 Å². The van der Waals surface area contributed by atoms with E-state index in [1.165, 1.54) is 32.7 Å². The standard InChI is InChI=1S/C7H16N2.C2H7N/c1-3-9-6-4-8(2)5-7-9;1-2-3/h3-7H2,1-2H3;2-3H2,1H3. The maximum absolute atomic E-state index is 4.85. The quantitative estimate of drug-likeness (QED) is 0.615. The van der Waals surface area contributed by atoms with Gasteiger partial charge in [-0.05, 0) is 20.1 Å². The first kappa shape index (κ1) is 11.9. The molecule has 1 rings (SSSR count). The Balaban J connectivity index is 0.000000354. The molecular formula is C9H23N3. The van der Waals surface area contributed by atoms with E-state index in [0.717, 1.165) is 6.54 Å². The average Bonchev–Trinajstić information content (AvgIpc) is 2.07. The molecule has 0 amide bonds. The van der Waals surface area contributed by atoms with Crippen molar-refractivity contribution in [1.29, 1.82) is 0 Å². The summed E-state index contributed by atoms with van der Waals surface area (Å²) in [7, 11) is 2.19. The van der Waals surface area contributed by atoms with Crippen molar-refractivity contribution in [2.75, 3.05) is 46.3 Å². The Bertz CT molecular complexity index is 87.8. The molecular weight excluding hydrogens is 150 g/mol. The molecule has 2 N–H and O–H groups in total. The van der Waals surface area contributed by atoms with Crippen molar-refractivity contribution in [2.45, 2.75) is 13.8 Å². The molecule has 1 saturated heterocycles. The molecule has 0 bridgehead atoms. The molecule has 3 nitrogen and oxygen atoms in total. The largest absolute Gasteiger partial charge is 0.331 e. The first-order valence-electron chi connectivity index (χ1n) is 4.85. The van der Waals surface area contributed by atoms with Crippen LogP contribution in [0.3, 0.4) is 0 Å². The lowest BCUT2D eigenvalue weighted by atomic mass is 10.3. The maximum atomic E-state index is 4.85. The van der Waals surface area contributed by atoms with Crippen LogP contribution >= 0.6 is 0 Å². The van der Waals surface area contributed by atoms with Crippen molar-refractivity contribution >= 4 is 0 Å². The van der Waals surface area contributed by atoms with E-state index in [2.05, 4.69) is 23.8 Å². The molecule has 0 aliphatic carbocycles. The van der Waals surface area contributed by atoms with Crippen molar-refractivity contribution in [2.24, 2.45) is 5.73 Å². The molecule has 3 heteroatoms. The fourth-order valence-corrected chi connectivity index (χ4v) is 1.16. The number of nitrogens with zero attached hydrogens (tertiary/aromatic N) is 2. The van der Waals surface area contributed by atoms with Gasteiger partial charge in [-0.3, -0.25) is 0 Å². The van der Waals surface area contributed by atoms with Crippen molar-refractivity contribution in [3.8, 4) is 0 Å². The Labute approximate surface area is 76.5 Å². The highest BCUT2D eigenvalue weighted by Gasteiger charge is 2.10. The van der Waals surface area contributed by atoms with Gasteiger partial charge >= 0.3 is 0 Å². The second-order valence-electron chi connectivity index (χ2n) is 3.15. The van der Waals surface area contributed by atoms with Crippen LogP contribution in [0.25, 0.3) is 0 Å². The third-order valence-corrected chi connectivity index (χ3v) is 2.04. The van der Waals surface area contributed by atoms with E-state index in [0.29, 0.717) is 0 Å². The van der Waals surface area contributed by atoms with Gasteiger partial charge in [0.05, 0.1) is 0 Å². The second-order valence-corrected chi connectivity index (χ2v) is 3.15. The smallest absolute Gasteiger partial charge is 0.0110 e. The van der Waals surface area contributed by atoms with E-state index in [1.807, 2.05) is 6.92 Å². The Morgan fingerprint density at radius 3 is 1.83 bits per heavy atom. The lowest BCUT2D eigenvalue weighted by Crippen LogP contribution is -2.44. The summed E-state index contributed by atoms with van der Waals surface area (Å²) in [4.78, 5) is 4.87.